The number of halogens is 1. The van der Waals surface area contributed by atoms with Crippen LogP contribution < -0.4 is 0 Å². The fourth-order valence-electron chi connectivity index (χ4n) is 7.38. The zero-order valence-electron chi connectivity index (χ0n) is 25.0. The van der Waals surface area contributed by atoms with E-state index < -0.39 is 11.9 Å². The predicted molar refractivity (Wildman–Crippen MR) is 159 cm³/mol. The van der Waals surface area contributed by atoms with Crippen molar-refractivity contribution in [1.82, 2.24) is 0 Å². The van der Waals surface area contributed by atoms with Gasteiger partial charge in [-0.2, -0.15) is 0 Å². The predicted octanol–water partition coefficient (Wildman–Crippen LogP) is 8.99. The topological polar surface area (TPSA) is 57.2 Å². The molecule has 1 aromatic rings. The van der Waals surface area contributed by atoms with Crippen LogP contribution in [0.4, 0.5) is 4.39 Å². The van der Waals surface area contributed by atoms with E-state index >= 15 is 0 Å². The van der Waals surface area contributed by atoms with E-state index in [2.05, 4.69) is 20.8 Å². The highest BCUT2D eigenvalue weighted by Crippen LogP contribution is 2.57. The Morgan fingerprint density at radius 3 is 2.20 bits per heavy atom. The molecular weight excluding hydrogens is 527 g/mol. The lowest BCUT2D eigenvalue weighted by Gasteiger charge is -2.57. The van der Waals surface area contributed by atoms with Crippen molar-refractivity contribution < 1.29 is 28.7 Å². The van der Waals surface area contributed by atoms with Crippen LogP contribution in [-0.4, -0.2) is 41.0 Å². The summed E-state index contributed by atoms with van der Waals surface area (Å²) in [5.74, 6) is 2.28. The summed E-state index contributed by atoms with van der Waals surface area (Å²) in [6.45, 7) is 8.06. The minimum absolute atomic E-state index is 0.0947. The zero-order valence-corrected chi connectivity index (χ0v) is 25.8. The summed E-state index contributed by atoms with van der Waals surface area (Å²) in [6, 6.07) is 6.54. The van der Waals surface area contributed by atoms with Crippen molar-refractivity contribution in [2.24, 2.45) is 23.7 Å². The quantitative estimate of drug-likeness (QED) is 0.120. The first-order valence-electron chi connectivity index (χ1n) is 16.0. The molecule has 228 valence electrons. The largest absolute Gasteiger partial charge is 0.377 e. The highest BCUT2D eigenvalue weighted by Gasteiger charge is 2.64. The van der Waals surface area contributed by atoms with Gasteiger partial charge in [0.2, 0.25) is 0 Å². The first-order chi connectivity index (χ1) is 19.5. The highest BCUT2D eigenvalue weighted by atomic mass is 32.2. The van der Waals surface area contributed by atoms with Gasteiger partial charge in [-0.1, -0.05) is 70.9 Å². The molecule has 1 N–H and O–H groups in total. The Bertz CT molecular complexity index is 856. The molecule has 3 aliphatic rings. The Kier molecular flexibility index (Phi) is 13.1. The Labute approximate surface area is 246 Å². The van der Waals surface area contributed by atoms with Gasteiger partial charge in [0.25, 0.3) is 0 Å². The number of rotatable bonds is 16. The van der Waals surface area contributed by atoms with Gasteiger partial charge in [0.1, 0.15) is 11.3 Å². The number of unbranched alkanes of at least 4 members (excludes halogenated alkanes) is 8. The molecule has 0 unspecified atom stereocenters. The summed E-state index contributed by atoms with van der Waals surface area (Å²) in [4.78, 5) is 5.43. The maximum Gasteiger partial charge on any atom is 0.191 e. The van der Waals surface area contributed by atoms with Gasteiger partial charge in [-0.15, -0.1) is 11.8 Å². The molecule has 0 radical (unpaired) electrons. The molecule has 4 rings (SSSR count). The normalized spacial score (nSPS) is 33.9. The van der Waals surface area contributed by atoms with Crippen LogP contribution in [0, 0.1) is 29.5 Å². The lowest BCUT2D eigenvalue weighted by Crippen LogP contribution is -2.66. The Hall–Kier alpha value is -0.700. The second kappa shape index (κ2) is 16.2. The van der Waals surface area contributed by atoms with E-state index in [0.717, 1.165) is 43.6 Å². The average Bonchev–Trinajstić information content (AvgIpc) is 3.10. The van der Waals surface area contributed by atoms with Gasteiger partial charge in [-0.05, 0) is 86.7 Å². The molecule has 0 bridgehead atoms. The molecule has 7 heteroatoms. The van der Waals surface area contributed by atoms with Crippen molar-refractivity contribution in [1.29, 1.82) is 0 Å². The first kappa shape index (κ1) is 32.2. The van der Waals surface area contributed by atoms with Crippen LogP contribution in [0.25, 0.3) is 0 Å². The van der Waals surface area contributed by atoms with Crippen molar-refractivity contribution in [2.45, 2.75) is 134 Å². The van der Waals surface area contributed by atoms with E-state index in [4.69, 9.17) is 19.1 Å². The Morgan fingerprint density at radius 1 is 0.850 bits per heavy atom. The summed E-state index contributed by atoms with van der Waals surface area (Å²) in [6.07, 6.45) is 15.2. The molecule has 3 fully saturated rings. The van der Waals surface area contributed by atoms with Crippen molar-refractivity contribution in [2.75, 3.05) is 12.4 Å². The van der Waals surface area contributed by atoms with Crippen LogP contribution in [0.5, 0.6) is 0 Å². The summed E-state index contributed by atoms with van der Waals surface area (Å²) < 4.78 is 31.6. The van der Waals surface area contributed by atoms with Crippen molar-refractivity contribution >= 4 is 11.8 Å². The minimum Gasteiger partial charge on any atom is -0.377 e. The summed E-state index contributed by atoms with van der Waals surface area (Å²) in [7, 11) is 0. The number of hydrogen-bond acceptors (Lipinski definition) is 6. The summed E-state index contributed by atoms with van der Waals surface area (Å²) >= 11 is 1.94. The van der Waals surface area contributed by atoms with Gasteiger partial charge < -0.3 is 14.2 Å². The fourth-order valence-corrected chi connectivity index (χ4v) is 8.65. The van der Waals surface area contributed by atoms with Gasteiger partial charge in [0.15, 0.2) is 11.9 Å². The number of thioether (sulfide) groups is 1. The molecule has 2 aliphatic heterocycles. The van der Waals surface area contributed by atoms with Crippen LogP contribution in [0.1, 0.15) is 110 Å². The van der Waals surface area contributed by atoms with Gasteiger partial charge in [0, 0.05) is 12.5 Å². The standard InChI is InChI=1S/C33H53FO5S/c1-24-13-19-30-26(3)31(38-32-33(30,39-35)29(24)20-14-25(2)37-32)40-22-12-10-8-6-4-5-7-9-11-21-36-23-27-15-17-28(34)18-16-27/h15-18,24-26,29-32,35H,4-14,19-23H2,1-3H3/t24-,25+,26-,29+,30+,31+,32+,33-/m1/s1. The molecule has 8 atom stereocenters. The number of hydrogen-bond donors (Lipinski definition) is 1. The van der Waals surface area contributed by atoms with E-state index in [-0.39, 0.29) is 29.2 Å². The maximum absolute atomic E-state index is 12.9. The SMILES string of the molecule is C[C@H]1[C@H](SCCCCCCCCCCCOCc2ccc(F)cc2)O[C@@H]2O[C@@H](C)CC[C@H]3[C@H](C)CC[C@@H]1[C@@]23OO. The number of ether oxygens (including phenoxy) is 3. The average molecular weight is 581 g/mol. The summed E-state index contributed by atoms with van der Waals surface area (Å²) in [5.41, 5.74) is 0.396. The van der Waals surface area contributed by atoms with Gasteiger partial charge >= 0.3 is 0 Å². The zero-order chi connectivity index (χ0) is 28.4. The van der Waals surface area contributed by atoms with Crippen LogP contribution in [0.2, 0.25) is 0 Å². The van der Waals surface area contributed by atoms with Gasteiger partial charge in [-0.25, -0.2) is 9.28 Å². The fraction of sp³-hybridized carbons (Fsp3) is 0.818. The number of benzene rings is 1. The van der Waals surface area contributed by atoms with Crippen LogP contribution in [0.15, 0.2) is 24.3 Å². The molecule has 2 saturated heterocycles. The van der Waals surface area contributed by atoms with Crippen LogP contribution >= 0.6 is 11.8 Å². The Morgan fingerprint density at radius 2 is 1.50 bits per heavy atom. The summed E-state index contributed by atoms with van der Waals surface area (Å²) in [5, 5.41) is 10.3. The molecular formula is C33H53FO5S. The lowest BCUT2D eigenvalue weighted by molar-refractivity contribution is -0.438. The third-order valence-corrected chi connectivity index (χ3v) is 11.2. The van der Waals surface area contributed by atoms with Crippen LogP contribution in [-0.2, 0) is 25.7 Å². The molecule has 1 saturated carbocycles. The molecule has 40 heavy (non-hydrogen) atoms. The highest BCUT2D eigenvalue weighted by molar-refractivity contribution is 7.99. The molecule has 0 spiro atoms. The first-order valence-corrected chi connectivity index (χ1v) is 17.1. The van der Waals surface area contributed by atoms with Gasteiger partial charge in [0.05, 0.1) is 12.7 Å². The second-order valence-electron chi connectivity index (χ2n) is 12.7. The van der Waals surface area contributed by atoms with E-state index in [0.29, 0.717) is 18.4 Å². The van der Waals surface area contributed by atoms with E-state index in [1.165, 1.54) is 69.9 Å². The molecule has 2 heterocycles. The second-order valence-corrected chi connectivity index (χ2v) is 13.9. The van der Waals surface area contributed by atoms with Crippen molar-refractivity contribution in [3.63, 3.8) is 0 Å². The van der Waals surface area contributed by atoms with Crippen molar-refractivity contribution in [3.05, 3.63) is 35.6 Å². The van der Waals surface area contributed by atoms with E-state index in [9.17, 15) is 9.65 Å². The molecule has 1 aliphatic carbocycles. The minimum atomic E-state index is -0.726. The van der Waals surface area contributed by atoms with E-state index in [1.807, 2.05) is 11.8 Å². The maximum atomic E-state index is 12.9. The lowest BCUT2D eigenvalue weighted by atomic mass is 9.58. The van der Waals surface area contributed by atoms with Crippen molar-refractivity contribution in [3.8, 4) is 0 Å². The molecule has 1 aromatic carbocycles. The molecule has 5 nitrogen and oxygen atoms in total. The van der Waals surface area contributed by atoms with Crippen LogP contribution in [0.3, 0.4) is 0 Å². The van der Waals surface area contributed by atoms with E-state index in [1.54, 1.807) is 12.1 Å². The molecule has 0 amide bonds. The molecule has 0 aromatic heterocycles. The third kappa shape index (κ3) is 8.23. The third-order valence-electron chi connectivity index (χ3n) is 9.76. The van der Waals surface area contributed by atoms with Gasteiger partial charge in [-0.3, -0.25) is 5.26 Å². The monoisotopic (exact) mass is 580 g/mol. The Balaban J connectivity index is 1.05. The smallest absolute Gasteiger partial charge is 0.191 e.